The van der Waals surface area contributed by atoms with Gasteiger partial charge in [0.15, 0.2) is 5.78 Å². The fourth-order valence-electron chi connectivity index (χ4n) is 0.886. The van der Waals surface area contributed by atoms with Gasteiger partial charge in [-0.3, -0.25) is 9.59 Å². The first-order chi connectivity index (χ1) is 6.61. The van der Waals surface area contributed by atoms with Crippen molar-refractivity contribution in [1.82, 2.24) is 0 Å². The van der Waals surface area contributed by atoms with Gasteiger partial charge >= 0.3 is 5.97 Å². The van der Waals surface area contributed by atoms with Crippen molar-refractivity contribution in [2.75, 3.05) is 19.8 Å². The first kappa shape index (κ1) is 13.1. The second kappa shape index (κ2) is 7.46. The molecule has 5 nitrogen and oxygen atoms in total. The number of aliphatic hydroxyl groups excluding tert-OH is 1. The molecule has 5 heteroatoms. The second-order valence-corrected chi connectivity index (χ2v) is 2.70. The first-order valence-corrected chi connectivity index (χ1v) is 4.50. The van der Waals surface area contributed by atoms with Gasteiger partial charge in [-0.1, -0.05) is 0 Å². The molecule has 0 bridgehead atoms. The van der Waals surface area contributed by atoms with Crippen molar-refractivity contribution in [1.29, 1.82) is 0 Å². The van der Waals surface area contributed by atoms with Crippen LogP contribution in [0.3, 0.4) is 0 Å². The average molecular weight is 204 g/mol. The Hall–Kier alpha value is -0.940. The molecule has 0 aliphatic heterocycles. The van der Waals surface area contributed by atoms with Gasteiger partial charge in [0, 0.05) is 0 Å². The van der Waals surface area contributed by atoms with Crippen LogP contribution in [0.25, 0.3) is 0 Å². The van der Waals surface area contributed by atoms with E-state index >= 15 is 0 Å². The zero-order valence-electron chi connectivity index (χ0n) is 8.49. The van der Waals surface area contributed by atoms with Gasteiger partial charge in [0.1, 0.15) is 6.10 Å². The van der Waals surface area contributed by atoms with Gasteiger partial charge in [-0.15, -0.1) is 0 Å². The van der Waals surface area contributed by atoms with Crippen LogP contribution in [-0.4, -0.2) is 42.8 Å². The Morgan fingerprint density at radius 2 is 2.07 bits per heavy atom. The SMILES string of the molecule is CCOC(=O)CC(OCCO)C(C)=O. The van der Waals surface area contributed by atoms with Crippen molar-refractivity contribution in [2.45, 2.75) is 26.4 Å². The Kier molecular flexibility index (Phi) is 6.96. The number of ether oxygens (including phenoxy) is 2. The zero-order chi connectivity index (χ0) is 11.0. The average Bonchev–Trinajstić information content (AvgIpc) is 2.12. The summed E-state index contributed by atoms with van der Waals surface area (Å²) < 4.78 is 9.64. The predicted octanol–water partition coefficient (Wildman–Crippen LogP) is -0.0939. The van der Waals surface area contributed by atoms with Crippen LogP contribution in [0.1, 0.15) is 20.3 Å². The molecule has 1 N–H and O–H groups in total. The molecule has 1 unspecified atom stereocenters. The number of hydrogen-bond donors (Lipinski definition) is 1. The number of hydrogen-bond acceptors (Lipinski definition) is 5. The summed E-state index contributed by atoms with van der Waals surface area (Å²) in [5, 5.41) is 8.48. The largest absolute Gasteiger partial charge is 0.466 e. The summed E-state index contributed by atoms with van der Waals surface area (Å²) in [6.07, 6.45) is -0.899. The fraction of sp³-hybridized carbons (Fsp3) is 0.778. The van der Waals surface area contributed by atoms with Crippen LogP contribution in [0.4, 0.5) is 0 Å². The highest BCUT2D eigenvalue weighted by atomic mass is 16.5. The van der Waals surface area contributed by atoms with Gasteiger partial charge in [-0.25, -0.2) is 0 Å². The molecule has 0 aromatic rings. The van der Waals surface area contributed by atoms with Crippen LogP contribution in [-0.2, 0) is 19.1 Å². The van der Waals surface area contributed by atoms with Crippen LogP contribution in [0, 0.1) is 0 Å². The number of aliphatic hydroxyl groups is 1. The van der Waals surface area contributed by atoms with E-state index in [9.17, 15) is 9.59 Å². The summed E-state index contributed by atoms with van der Waals surface area (Å²) >= 11 is 0. The van der Waals surface area contributed by atoms with E-state index in [2.05, 4.69) is 4.74 Å². The van der Waals surface area contributed by atoms with E-state index in [1.54, 1.807) is 6.92 Å². The third-order valence-electron chi connectivity index (χ3n) is 1.52. The van der Waals surface area contributed by atoms with Crippen molar-refractivity contribution in [3.05, 3.63) is 0 Å². The lowest BCUT2D eigenvalue weighted by Crippen LogP contribution is -2.27. The summed E-state index contributed by atoms with van der Waals surface area (Å²) in [4.78, 5) is 22.0. The van der Waals surface area contributed by atoms with E-state index < -0.39 is 12.1 Å². The van der Waals surface area contributed by atoms with Crippen molar-refractivity contribution < 1.29 is 24.2 Å². The number of rotatable bonds is 7. The normalized spacial score (nSPS) is 12.2. The number of carbonyl (C=O) groups excluding carboxylic acids is 2. The van der Waals surface area contributed by atoms with E-state index in [4.69, 9.17) is 9.84 Å². The van der Waals surface area contributed by atoms with Gasteiger partial charge < -0.3 is 14.6 Å². The molecule has 1 atom stereocenters. The molecule has 0 spiro atoms. The highest BCUT2D eigenvalue weighted by molar-refractivity contribution is 5.85. The van der Waals surface area contributed by atoms with Crippen LogP contribution in [0.5, 0.6) is 0 Å². The molecule has 0 saturated heterocycles. The monoisotopic (exact) mass is 204 g/mol. The quantitative estimate of drug-likeness (QED) is 0.586. The lowest BCUT2D eigenvalue weighted by molar-refractivity contribution is -0.150. The van der Waals surface area contributed by atoms with Crippen LogP contribution in [0.2, 0.25) is 0 Å². The molecule has 0 aromatic carbocycles. The van der Waals surface area contributed by atoms with E-state index in [0.717, 1.165) is 0 Å². The minimum absolute atomic E-state index is 0.0453. The predicted molar refractivity (Wildman–Crippen MR) is 48.8 cm³/mol. The lowest BCUT2D eigenvalue weighted by Gasteiger charge is -2.12. The maximum Gasteiger partial charge on any atom is 0.308 e. The molecule has 0 aromatic heterocycles. The maximum absolute atomic E-state index is 11.0. The van der Waals surface area contributed by atoms with Gasteiger partial charge in [0.2, 0.25) is 0 Å². The standard InChI is InChI=1S/C9H16O5/c1-3-13-9(12)6-8(7(2)11)14-5-4-10/h8,10H,3-6H2,1-2H3. The maximum atomic E-state index is 11.0. The summed E-state index contributed by atoms with van der Waals surface area (Å²) in [6.45, 7) is 3.18. The number of esters is 1. The van der Waals surface area contributed by atoms with E-state index in [1.807, 2.05) is 0 Å². The highest BCUT2D eigenvalue weighted by Gasteiger charge is 2.19. The molecule has 0 saturated carbocycles. The molecule has 0 fully saturated rings. The van der Waals surface area contributed by atoms with Gasteiger partial charge in [0.25, 0.3) is 0 Å². The second-order valence-electron chi connectivity index (χ2n) is 2.70. The Labute approximate surface area is 83.0 Å². The Bertz CT molecular complexity index is 190. The van der Waals surface area contributed by atoms with E-state index in [1.165, 1.54) is 6.92 Å². The third-order valence-corrected chi connectivity index (χ3v) is 1.52. The molecular weight excluding hydrogens is 188 g/mol. The highest BCUT2D eigenvalue weighted by Crippen LogP contribution is 2.02. The molecule has 0 amide bonds. The fourth-order valence-corrected chi connectivity index (χ4v) is 0.886. The summed E-state index contributed by atoms with van der Waals surface area (Å²) in [5.41, 5.74) is 0. The minimum atomic E-state index is -0.804. The Balaban J connectivity index is 3.95. The van der Waals surface area contributed by atoms with Crippen molar-refractivity contribution in [3.63, 3.8) is 0 Å². The number of ketones is 1. The zero-order valence-corrected chi connectivity index (χ0v) is 8.49. The first-order valence-electron chi connectivity index (χ1n) is 4.50. The van der Waals surface area contributed by atoms with E-state index in [-0.39, 0.29) is 32.0 Å². The molecule has 0 aliphatic rings. The molecule has 14 heavy (non-hydrogen) atoms. The Morgan fingerprint density at radius 1 is 1.43 bits per heavy atom. The van der Waals surface area contributed by atoms with Gasteiger partial charge in [-0.2, -0.15) is 0 Å². The molecule has 0 radical (unpaired) electrons. The molecule has 82 valence electrons. The van der Waals surface area contributed by atoms with Crippen LogP contribution >= 0.6 is 0 Å². The smallest absolute Gasteiger partial charge is 0.308 e. The van der Waals surface area contributed by atoms with Crippen LogP contribution < -0.4 is 0 Å². The van der Waals surface area contributed by atoms with Gasteiger partial charge in [-0.05, 0) is 13.8 Å². The molecule has 0 aliphatic carbocycles. The summed E-state index contributed by atoms with van der Waals surface area (Å²) in [7, 11) is 0. The minimum Gasteiger partial charge on any atom is -0.466 e. The van der Waals surface area contributed by atoms with Crippen molar-refractivity contribution in [3.8, 4) is 0 Å². The summed E-state index contributed by atoms with van der Waals surface area (Å²) in [5.74, 6) is -0.711. The van der Waals surface area contributed by atoms with E-state index in [0.29, 0.717) is 0 Å². The molecule has 0 rings (SSSR count). The summed E-state index contributed by atoms with van der Waals surface area (Å²) in [6, 6.07) is 0. The molecule has 0 heterocycles. The van der Waals surface area contributed by atoms with Crippen LogP contribution in [0.15, 0.2) is 0 Å². The topological polar surface area (TPSA) is 72.8 Å². The molecular formula is C9H16O5. The Morgan fingerprint density at radius 3 is 2.50 bits per heavy atom. The van der Waals surface area contributed by atoms with Gasteiger partial charge in [0.05, 0.1) is 26.2 Å². The lowest BCUT2D eigenvalue weighted by atomic mass is 10.2. The van der Waals surface area contributed by atoms with Crippen molar-refractivity contribution >= 4 is 11.8 Å². The number of Topliss-reactive ketones (excluding diaryl/α,β-unsaturated/α-hetero) is 1. The van der Waals surface area contributed by atoms with Crippen molar-refractivity contribution in [2.24, 2.45) is 0 Å². The number of carbonyl (C=O) groups is 2. The third kappa shape index (κ3) is 5.66.